The molecule has 2 aliphatic rings. The summed E-state index contributed by atoms with van der Waals surface area (Å²) in [6.45, 7) is 6.74. The molecule has 2 atom stereocenters. The topological polar surface area (TPSA) is 20.2 Å². The summed E-state index contributed by atoms with van der Waals surface area (Å²) in [4.78, 5) is 0. The Balaban J connectivity index is 1.71. The van der Waals surface area contributed by atoms with E-state index in [0.29, 0.717) is 10.5 Å². The molecule has 1 N–H and O–H groups in total. The molecule has 0 aromatic heterocycles. The molecule has 1 aromatic rings. The van der Waals surface area contributed by atoms with Gasteiger partial charge in [0.05, 0.1) is 5.60 Å². The Kier molecular flexibility index (Phi) is 4.13. The lowest BCUT2D eigenvalue weighted by Crippen LogP contribution is -2.44. The third-order valence-corrected chi connectivity index (χ3v) is 6.58. The Bertz CT molecular complexity index is 473. The van der Waals surface area contributed by atoms with Crippen LogP contribution in [0.2, 0.25) is 0 Å². The molecule has 2 fully saturated rings. The zero-order valence-electron chi connectivity index (χ0n) is 13.6. The fraction of sp³-hybridized carbons (Fsp3) is 0.684. The monoisotopic (exact) mass is 304 g/mol. The predicted octanol–water partition coefficient (Wildman–Crippen LogP) is 4.71. The van der Waals surface area contributed by atoms with Crippen molar-refractivity contribution in [1.29, 1.82) is 0 Å². The molecule has 2 bridgehead atoms. The first-order chi connectivity index (χ1) is 9.84. The average molecular weight is 304 g/mol. The fourth-order valence-corrected chi connectivity index (χ4v) is 5.82. The number of benzene rings is 1. The maximum atomic E-state index is 11.0. The molecule has 0 aliphatic carbocycles. The largest absolute Gasteiger partial charge is 0.389 e. The molecule has 0 saturated carbocycles. The minimum atomic E-state index is -0.468. The summed E-state index contributed by atoms with van der Waals surface area (Å²) in [7, 11) is 0. The van der Waals surface area contributed by atoms with Crippen molar-refractivity contribution in [2.24, 2.45) is 0 Å². The number of aliphatic hydroxyl groups is 1. The lowest BCUT2D eigenvalue weighted by Gasteiger charge is -2.44. The number of rotatable bonds is 2. The van der Waals surface area contributed by atoms with Crippen LogP contribution < -0.4 is 0 Å². The fourth-order valence-electron chi connectivity index (χ4n) is 3.86. The SMILES string of the molecule is CC(C)(C)c1ccc(CC2(O)CC3CCCC(C2)S3)cc1. The van der Waals surface area contributed by atoms with Crippen molar-refractivity contribution in [3.63, 3.8) is 0 Å². The highest BCUT2D eigenvalue weighted by Gasteiger charge is 2.41. The van der Waals surface area contributed by atoms with E-state index < -0.39 is 5.60 Å². The first-order valence-electron chi connectivity index (χ1n) is 8.31. The van der Waals surface area contributed by atoms with E-state index in [1.54, 1.807) is 0 Å². The van der Waals surface area contributed by atoms with Crippen LogP contribution >= 0.6 is 11.8 Å². The number of thioether (sulfide) groups is 1. The van der Waals surface area contributed by atoms with Gasteiger partial charge in [0.15, 0.2) is 0 Å². The zero-order valence-corrected chi connectivity index (χ0v) is 14.4. The van der Waals surface area contributed by atoms with Crippen LogP contribution in [-0.4, -0.2) is 21.2 Å². The lowest BCUT2D eigenvalue weighted by atomic mass is 9.80. The van der Waals surface area contributed by atoms with Gasteiger partial charge in [-0.15, -0.1) is 0 Å². The van der Waals surface area contributed by atoms with Crippen molar-refractivity contribution < 1.29 is 5.11 Å². The van der Waals surface area contributed by atoms with Gasteiger partial charge in [-0.3, -0.25) is 0 Å². The predicted molar refractivity (Wildman–Crippen MR) is 92.0 cm³/mol. The molecule has 3 rings (SSSR count). The third kappa shape index (κ3) is 3.65. The highest BCUT2D eigenvalue weighted by molar-refractivity contribution is 8.00. The normalized spacial score (nSPS) is 33.0. The van der Waals surface area contributed by atoms with E-state index in [1.807, 2.05) is 0 Å². The maximum Gasteiger partial charge on any atom is 0.0709 e. The second kappa shape index (κ2) is 5.62. The molecule has 2 heteroatoms. The highest BCUT2D eigenvalue weighted by Crippen LogP contribution is 2.46. The summed E-state index contributed by atoms with van der Waals surface area (Å²) in [5.41, 5.74) is 2.39. The highest BCUT2D eigenvalue weighted by atomic mass is 32.2. The van der Waals surface area contributed by atoms with E-state index in [1.165, 1.54) is 30.4 Å². The second-order valence-corrected chi connectivity index (χ2v) is 9.67. The summed E-state index contributed by atoms with van der Waals surface area (Å²) in [5, 5.41) is 12.4. The Hall–Kier alpha value is -0.470. The third-order valence-electron chi connectivity index (χ3n) is 5.01. The molecule has 2 unspecified atom stereocenters. The number of hydrogen-bond acceptors (Lipinski definition) is 2. The summed E-state index contributed by atoms with van der Waals surface area (Å²) < 4.78 is 0. The maximum absolute atomic E-state index is 11.0. The van der Waals surface area contributed by atoms with Gasteiger partial charge in [-0.05, 0) is 42.2 Å². The standard InChI is InChI=1S/C19H28OS/c1-18(2,3)15-9-7-14(8-10-15)11-19(20)12-16-5-4-6-17(13-19)21-16/h7-10,16-17,20H,4-6,11-13H2,1-3H3. The van der Waals surface area contributed by atoms with E-state index in [2.05, 4.69) is 56.8 Å². The van der Waals surface area contributed by atoms with Crippen molar-refractivity contribution in [3.8, 4) is 0 Å². The van der Waals surface area contributed by atoms with Crippen LogP contribution in [0.15, 0.2) is 24.3 Å². The van der Waals surface area contributed by atoms with Crippen LogP contribution in [0.25, 0.3) is 0 Å². The van der Waals surface area contributed by atoms with Gasteiger partial charge in [-0.1, -0.05) is 51.5 Å². The Morgan fingerprint density at radius 2 is 1.67 bits per heavy atom. The average Bonchev–Trinajstić information content (AvgIpc) is 2.37. The van der Waals surface area contributed by atoms with Crippen LogP contribution in [0.5, 0.6) is 0 Å². The van der Waals surface area contributed by atoms with Gasteiger partial charge in [0.25, 0.3) is 0 Å². The van der Waals surface area contributed by atoms with Crippen LogP contribution in [0.1, 0.15) is 64.0 Å². The van der Waals surface area contributed by atoms with E-state index in [-0.39, 0.29) is 5.41 Å². The van der Waals surface area contributed by atoms with Gasteiger partial charge >= 0.3 is 0 Å². The van der Waals surface area contributed by atoms with Gasteiger partial charge in [-0.2, -0.15) is 11.8 Å². The minimum Gasteiger partial charge on any atom is -0.389 e. The second-order valence-electron chi connectivity index (χ2n) is 8.07. The summed E-state index contributed by atoms with van der Waals surface area (Å²) in [6.07, 6.45) is 6.74. The smallest absolute Gasteiger partial charge is 0.0709 e. The molecule has 2 aliphatic heterocycles. The molecule has 0 spiro atoms. The summed E-state index contributed by atoms with van der Waals surface area (Å²) in [6, 6.07) is 8.90. The lowest BCUT2D eigenvalue weighted by molar-refractivity contribution is 0.0130. The minimum absolute atomic E-state index is 0.202. The van der Waals surface area contributed by atoms with E-state index in [4.69, 9.17) is 0 Å². The van der Waals surface area contributed by atoms with Crippen LogP contribution in [0.3, 0.4) is 0 Å². The van der Waals surface area contributed by atoms with Crippen molar-refractivity contribution >= 4 is 11.8 Å². The molecule has 1 nitrogen and oxygen atoms in total. The van der Waals surface area contributed by atoms with E-state index in [9.17, 15) is 5.11 Å². The van der Waals surface area contributed by atoms with Gasteiger partial charge in [0.1, 0.15) is 0 Å². The molecular formula is C19H28OS. The van der Waals surface area contributed by atoms with E-state index >= 15 is 0 Å². The van der Waals surface area contributed by atoms with Crippen molar-refractivity contribution in [1.82, 2.24) is 0 Å². The van der Waals surface area contributed by atoms with E-state index in [0.717, 1.165) is 19.3 Å². The molecule has 2 heterocycles. The summed E-state index contributed by atoms with van der Waals surface area (Å²) in [5.74, 6) is 0. The Morgan fingerprint density at radius 1 is 1.10 bits per heavy atom. The zero-order chi connectivity index (χ0) is 15.1. The van der Waals surface area contributed by atoms with Gasteiger partial charge < -0.3 is 5.11 Å². The van der Waals surface area contributed by atoms with Crippen LogP contribution in [0, 0.1) is 0 Å². The van der Waals surface area contributed by atoms with Gasteiger partial charge in [0.2, 0.25) is 0 Å². The van der Waals surface area contributed by atoms with Crippen LogP contribution in [-0.2, 0) is 11.8 Å². The number of fused-ring (bicyclic) bond motifs is 2. The Morgan fingerprint density at radius 3 is 2.19 bits per heavy atom. The number of hydrogen-bond donors (Lipinski definition) is 1. The quantitative estimate of drug-likeness (QED) is 0.854. The van der Waals surface area contributed by atoms with Gasteiger partial charge in [-0.25, -0.2) is 0 Å². The molecule has 21 heavy (non-hydrogen) atoms. The molecule has 2 saturated heterocycles. The van der Waals surface area contributed by atoms with Crippen LogP contribution in [0.4, 0.5) is 0 Å². The van der Waals surface area contributed by atoms with Gasteiger partial charge in [0, 0.05) is 16.9 Å². The first-order valence-corrected chi connectivity index (χ1v) is 9.26. The Labute approximate surface area is 133 Å². The summed E-state index contributed by atoms with van der Waals surface area (Å²) >= 11 is 2.13. The molecule has 116 valence electrons. The van der Waals surface area contributed by atoms with Crippen molar-refractivity contribution in [2.45, 2.75) is 80.8 Å². The molecular weight excluding hydrogens is 276 g/mol. The first kappa shape index (κ1) is 15.4. The molecule has 0 amide bonds. The van der Waals surface area contributed by atoms with Crippen molar-refractivity contribution in [3.05, 3.63) is 35.4 Å². The molecule has 1 aromatic carbocycles. The molecule has 0 radical (unpaired) electrons. The van der Waals surface area contributed by atoms with Crippen molar-refractivity contribution in [2.75, 3.05) is 0 Å².